The number of nitrogens with two attached hydrogens (primary N) is 1. The molecule has 0 atom stereocenters. The zero-order chi connectivity index (χ0) is 15.5. The maximum Gasteiger partial charge on any atom is 0.123 e. The number of aromatic nitrogens is 1. The minimum absolute atomic E-state index is 0. The van der Waals surface area contributed by atoms with Crippen molar-refractivity contribution in [2.45, 2.75) is 27.3 Å². The lowest BCUT2D eigenvalue weighted by atomic mass is 9.93. The molecule has 0 radical (unpaired) electrons. The number of halogens is 1. The Morgan fingerprint density at radius 1 is 1.23 bits per heavy atom. The van der Waals surface area contributed by atoms with E-state index in [-0.39, 0.29) is 17.8 Å². The van der Waals surface area contributed by atoms with E-state index in [1.807, 2.05) is 0 Å². The van der Waals surface area contributed by atoms with Gasteiger partial charge in [0.2, 0.25) is 0 Å². The zero-order valence-electron chi connectivity index (χ0n) is 13.8. The third kappa shape index (κ3) is 5.36. The third-order valence-corrected chi connectivity index (χ3v) is 4.47. The van der Waals surface area contributed by atoms with Crippen molar-refractivity contribution < 1.29 is 0 Å². The van der Waals surface area contributed by atoms with Crippen LogP contribution in [0.25, 0.3) is 10.6 Å². The van der Waals surface area contributed by atoms with Crippen LogP contribution in [-0.2, 0) is 6.54 Å². The van der Waals surface area contributed by atoms with E-state index in [0.717, 1.165) is 23.8 Å². The highest BCUT2D eigenvalue weighted by Crippen LogP contribution is 2.25. The first-order valence-corrected chi connectivity index (χ1v) is 8.18. The summed E-state index contributed by atoms with van der Waals surface area (Å²) in [5.41, 5.74) is 9.55. The van der Waals surface area contributed by atoms with Gasteiger partial charge in [-0.2, -0.15) is 0 Å². The molecule has 0 amide bonds. The standard InChI is InChI=1S/C17H25N3S.ClH/c1-13-5-7-14(8-6-13)16-19-15(10-21-16)9-20(4)12-17(2,3)11-18;/h5-8,10H,9,11-12,18H2,1-4H3;1H. The number of benzene rings is 1. The van der Waals surface area contributed by atoms with E-state index < -0.39 is 0 Å². The number of nitrogens with zero attached hydrogens (tertiary/aromatic N) is 2. The van der Waals surface area contributed by atoms with E-state index in [0.29, 0.717) is 6.54 Å². The normalized spacial score (nSPS) is 11.5. The second-order valence-electron chi connectivity index (χ2n) is 6.55. The van der Waals surface area contributed by atoms with Crippen LogP contribution < -0.4 is 5.73 Å². The summed E-state index contributed by atoms with van der Waals surface area (Å²) in [4.78, 5) is 7.04. The molecule has 2 rings (SSSR count). The lowest BCUT2D eigenvalue weighted by Gasteiger charge is -2.28. The van der Waals surface area contributed by atoms with E-state index in [1.165, 1.54) is 11.1 Å². The molecule has 2 N–H and O–H groups in total. The van der Waals surface area contributed by atoms with Gasteiger partial charge in [0.15, 0.2) is 0 Å². The van der Waals surface area contributed by atoms with Gasteiger partial charge >= 0.3 is 0 Å². The predicted octanol–water partition coefficient (Wildman–Crippen LogP) is 3.96. The summed E-state index contributed by atoms with van der Waals surface area (Å²) in [6.45, 7) is 9.03. The van der Waals surface area contributed by atoms with Gasteiger partial charge in [-0.1, -0.05) is 43.7 Å². The fraction of sp³-hybridized carbons (Fsp3) is 0.471. The Balaban J connectivity index is 0.00000242. The van der Waals surface area contributed by atoms with Crippen LogP contribution in [0.2, 0.25) is 0 Å². The van der Waals surface area contributed by atoms with Crippen molar-refractivity contribution in [2.75, 3.05) is 20.1 Å². The van der Waals surface area contributed by atoms with Crippen molar-refractivity contribution >= 4 is 23.7 Å². The third-order valence-electron chi connectivity index (χ3n) is 3.53. The molecule has 22 heavy (non-hydrogen) atoms. The van der Waals surface area contributed by atoms with Crippen LogP contribution >= 0.6 is 23.7 Å². The topological polar surface area (TPSA) is 42.2 Å². The summed E-state index contributed by atoms with van der Waals surface area (Å²) in [7, 11) is 2.13. The van der Waals surface area contributed by atoms with E-state index in [2.05, 4.69) is 62.4 Å². The Morgan fingerprint density at radius 2 is 1.86 bits per heavy atom. The fourth-order valence-electron chi connectivity index (χ4n) is 2.34. The van der Waals surface area contributed by atoms with Gasteiger partial charge in [0.05, 0.1) is 5.69 Å². The molecular weight excluding hydrogens is 314 g/mol. The summed E-state index contributed by atoms with van der Waals surface area (Å²) in [6.07, 6.45) is 0. The van der Waals surface area contributed by atoms with Gasteiger partial charge in [0, 0.05) is 24.0 Å². The van der Waals surface area contributed by atoms with Crippen LogP contribution in [0.15, 0.2) is 29.6 Å². The van der Waals surface area contributed by atoms with Crippen molar-refractivity contribution in [3.05, 3.63) is 40.9 Å². The predicted molar refractivity (Wildman–Crippen MR) is 98.7 cm³/mol. The first-order valence-electron chi connectivity index (χ1n) is 7.30. The molecule has 0 aliphatic heterocycles. The van der Waals surface area contributed by atoms with Crippen molar-refractivity contribution in [3.8, 4) is 10.6 Å². The van der Waals surface area contributed by atoms with Gasteiger partial charge in [-0.05, 0) is 25.9 Å². The maximum absolute atomic E-state index is 5.80. The molecule has 0 aliphatic rings. The van der Waals surface area contributed by atoms with E-state index in [1.54, 1.807) is 11.3 Å². The Hall–Kier alpha value is -0.940. The first-order chi connectivity index (χ1) is 9.89. The molecule has 0 bridgehead atoms. The lowest BCUT2D eigenvalue weighted by Crippen LogP contribution is -2.36. The van der Waals surface area contributed by atoms with Gasteiger partial charge in [-0.3, -0.25) is 4.90 Å². The van der Waals surface area contributed by atoms with Crippen LogP contribution in [0.3, 0.4) is 0 Å². The molecule has 1 aromatic heterocycles. The number of aryl methyl sites for hydroxylation is 1. The number of thiazole rings is 1. The smallest absolute Gasteiger partial charge is 0.123 e. The van der Waals surface area contributed by atoms with Crippen LogP contribution in [0.5, 0.6) is 0 Å². The highest BCUT2D eigenvalue weighted by atomic mass is 35.5. The molecule has 5 heteroatoms. The van der Waals surface area contributed by atoms with Crippen LogP contribution in [0.4, 0.5) is 0 Å². The molecule has 1 aromatic carbocycles. The molecule has 0 saturated carbocycles. The minimum atomic E-state index is 0. The lowest BCUT2D eigenvalue weighted by molar-refractivity contribution is 0.208. The number of hydrogen-bond acceptors (Lipinski definition) is 4. The Labute approximate surface area is 144 Å². The van der Waals surface area contributed by atoms with Gasteiger partial charge in [0.1, 0.15) is 5.01 Å². The quantitative estimate of drug-likeness (QED) is 0.866. The highest BCUT2D eigenvalue weighted by molar-refractivity contribution is 7.13. The molecule has 2 aromatic rings. The summed E-state index contributed by atoms with van der Waals surface area (Å²) in [5, 5.41) is 3.25. The highest BCUT2D eigenvalue weighted by Gasteiger charge is 2.18. The average Bonchev–Trinajstić information content (AvgIpc) is 2.87. The Kier molecular flexibility index (Phi) is 7.00. The average molecular weight is 340 g/mol. The SMILES string of the molecule is Cc1ccc(-c2nc(CN(C)CC(C)(C)CN)cs2)cc1.Cl. The van der Waals surface area contributed by atoms with Crippen molar-refractivity contribution in [2.24, 2.45) is 11.1 Å². The van der Waals surface area contributed by atoms with E-state index >= 15 is 0 Å². The Bertz CT molecular complexity index is 578. The second-order valence-corrected chi connectivity index (χ2v) is 7.41. The molecule has 1 heterocycles. The number of rotatable bonds is 6. The van der Waals surface area contributed by atoms with Crippen LogP contribution in [0.1, 0.15) is 25.1 Å². The monoisotopic (exact) mass is 339 g/mol. The van der Waals surface area contributed by atoms with Crippen LogP contribution in [-0.4, -0.2) is 30.0 Å². The summed E-state index contributed by atoms with van der Waals surface area (Å²) < 4.78 is 0. The molecular formula is C17H26ClN3S. The largest absolute Gasteiger partial charge is 0.330 e. The van der Waals surface area contributed by atoms with E-state index in [4.69, 9.17) is 10.7 Å². The summed E-state index contributed by atoms with van der Waals surface area (Å²) in [6, 6.07) is 8.54. The van der Waals surface area contributed by atoms with Crippen molar-refractivity contribution in [1.29, 1.82) is 0 Å². The summed E-state index contributed by atoms with van der Waals surface area (Å²) in [5.74, 6) is 0. The molecule has 0 fully saturated rings. The molecule has 0 saturated heterocycles. The molecule has 3 nitrogen and oxygen atoms in total. The van der Waals surface area contributed by atoms with Crippen LogP contribution in [0, 0.1) is 12.3 Å². The zero-order valence-corrected chi connectivity index (χ0v) is 15.4. The summed E-state index contributed by atoms with van der Waals surface area (Å²) >= 11 is 1.71. The van der Waals surface area contributed by atoms with Gasteiger partial charge in [-0.15, -0.1) is 23.7 Å². The molecule has 0 unspecified atom stereocenters. The van der Waals surface area contributed by atoms with Crippen molar-refractivity contribution in [1.82, 2.24) is 9.88 Å². The van der Waals surface area contributed by atoms with Gasteiger partial charge in [-0.25, -0.2) is 4.98 Å². The number of hydrogen-bond donors (Lipinski definition) is 1. The first kappa shape index (κ1) is 19.1. The Morgan fingerprint density at radius 3 is 2.45 bits per heavy atom. The van der Waals surface area contributed by atoms with Gasteiger partial charge < -0.3 is 5.73 Å². The van der Waals surface area contributed by atoms with E-state index in [9.17, 15) is 0 Å². The molecule has 0 aliphatic carbocycles. The fourth-order valence-corrected chi connectivity index (χ4v) is 3.15. The second kappa shape index (κ2) is 8.06. The maximum atomic E-state index is 5.80. The molecule has 0 spiro atoms. The molecule has 122 valence electrons. The van der Waals surface area contributed by atoms with Gasteiger partial charge in [0.25, 0.3) is 0 Å². The van der Waals surface area contributed by atoms with Crippen molar-refractivity contribution in [3.63, 3.8) is 0 Å². The minimum Gasteiger partial charge on any atom is -0.330 e.